The largest absolute Gasteiger partial charge is 0.367 e. The fraction of sp³-hybridized carbons (Fsp3) is 0.577. The summed E-state index contributed by atoms with van der Waals surface area (Å²) in [5.41, 5.74) is 2.55. The second kappa shape index (κ2) is 10.4. The number of aryl methyl sites for hydroxylation is 1. The van der Waals surface area contributed by atoms with Crippen molar-refractivity contribution in [3.8, 4) is 0 Å². The Morgan fingerprint density at radius 2 is 1.86 bits per heavy atom. The summed E-state index contributed by atoms with van der Waals surface area (Å²) in [5.74, 6) is 0.296. The third-order valence-corrected chi connectivity index (χ3v) is 7.63. The molecule has 3 heterocycles. The van der Waals surface area contributed by atoms with Crippen LogP contribution in [0.15, 0.2) is 22.9 Å². The van der Waals surface area contributed by atoms with Gasteiger partial charge in [-0.2, -0.15) is 0 Å². The fourth-order valence-electron chi connectivity index (χ4n) is 5.45. The van der Waals surface area contributed by atoms with E-state index in [1.165, 1.54) is 25.5 Å². The first kappa shape index (κ1) is 23.8. The molecule has 0 bridgehead atoms. The van der Waals surface area contributed by atoms with E-state index in [4.69, 9.17) is 9.51 Å². The lowest BCUT2D eigenvalue weighted by Crippen LogP contribution is -2.44. The van der Waals surface area contributed by atoms with Crippen molar-refractivity contribution in [1.82, 2.24) is 25.3 Å². The number of hydrogen-bond donors (Lipinski definition) is 2. The zero-order chi connectivity index (χ0) is 24.4. The Hall–Kier alpha value is -2.94. The van der Waals surface area contributed by atoms with Crippen molar-refractivity contribution >= 4 is 22.6 Å². The average molecular weight is 483 g/mol. The van der Waals surface area contributed by atoms with E-state index in [-0.39, 0.29) is 23.7 Å². The molecule has 1 aliphatic carbocycles. The molecule has 2 fully saturated rings. The highest BCUT2D eigenvalue weighted by Crippen LogP contribution is 2.35. The van der Waals surface area contributed by atoms with Gasteiger partial charge in [-0.1, -0.05) is 37.3 Å². The van der Waals surface area contributed by atoms with Gasteiger partial charge < -0.3 is 24.6 Å². The summed E-state index contributed by atoms with van der Waals surface area (Å²) >= 11 is 0. The molecule has 3 aromatic rings. The lowest BCUT2D eigenvalue weighted by Gasteiger charge is -2.34. The molecule has 2 N–H and O–H groups in total. The van der Waals surface area contributed by atoms with Crippen molar-refractivity contribution in [3.63, 3.8) is 0 Å². The Kier molecular flexibility index (Phi) is 7.04. The Morgan fingerprint density at radius 3 is 2.54 bits per heavy atom. The van der Waals surface area contributed by atoms with Crippen LogP contribution in [0.25, 0.3) is 11.0 Å². The Bertz CT molecular complexity index is 1160. The Balaban J connectivity index is 1.47. The molecule has 1 amide bonds. The van der Waals surface area contributed by atoms with Gasteiger partial charge in [0.15, 0.2) is 5.82 Å². The molecule has 0 radical (unpaired) electrons. The van der Waals surface area contributed by atoms with Crippen LogP contribution < -0.4 is 10.2 Å². The molecule has 2 aromatic heterocycles. The minimum atomic E-state index is -0.339. The minimum absolute atomic E-state index is 0.222. The van der Waals surface area contributed by atoms with E-state index >= 15 is 4.39 Å². The molecule has 1 saturated carbocycles. The van der Waals surface area contributed by atoms with Crippen molar-refractivity contribution in [2.24, 2.45) is 5.92 Å². The molecule has 5 rings (SSSR count). The molecule has 0 spiro atoms. The van der Waals surface area contributed by atoms with Crippen molar-refractivity contribution < 1.29 is 13.7 Å². The van der Waals surface area contributed by atoms with Crippen molar-refractivity contribution in [2.45, 2.75) is 57.9 Å². The number of nitrogens with zero attached hydrogens (tertiary/aromatic N) is 4. The molecular formula is C26H35FN6O2. The van der Waals surface area contributed by atoms with Gasteiger partial charge in [0.2, 0.25) is 0 Å². The molecule has 1 atom stereocenters. The maximum absolute atomic E-state index is 15.7. The highest BCUT2D eigenvalue weighted by molar-refractivity contribution is 5.95. The molecule has 8 nitrogen and oxygen atoms in total. The molecule has 1 unspecified atom stereocenters. The lowest BCUT2D eigenvalue weighted by atomic mass is 9.85. The first-order valence-electron chi connectivity index (χ1n) is 12.8. The van der Waals surface area contributed by atoms with Gasteiger partial charge in [-0.15, -0.1) is 0 Å². The molecule has 2 aliphatic rings. The summed E-state index contributed by atoms with van der Waals surface area (Å²) in [7, 11) is 2.09. The monoisotopic (exact) mass is 482 g/mol. The Labute approximate surface area is 205 Å². The number of fused-ring (bicyclic) bond motifs is 1. The van der Waals surface area contributed by atoms with Crippen LogP contribution in [-0.2, 0) is 0 Å². The number of aromatic amines is 1. The lowest BCUT2D eigenvalue weighted by molar-refractivity contribution is 0.0911. The van der Waals surface area contributed by atoms with Gasteiger partial charge in [-0.3, -0.25) is 4.79 Å². The minimum Gasteiger partial charge on any atom is -0.367 e. The molecule has 35 heavy (non-hydrogen) atoms. The third-order valence-electron chi connectivity index (χ3n) is 7.63. The standard InChI is InChI=1S/C26H35FN6O2/c1-17-19(16-35-31-17)26(34)30-23(18-8-6-4-3-5-7-9-18)25-28-20-10-11-21(22(27)24(20)29-25)33-14-12-32(2)13-15-33/h10-11,16,18,23H,3-9,12-15H2,1-2H3,(H,28,29)(H,30,34). The zero-order valence-corrected chi connectivity index (χ0v) is 20.6. The number of piperazine rings is 1. The van der Waals surface area contributed by atoms with Crippen LogP contribution in [0.5, 0.6) is 0 Å². The van der Waals surface area contributed by atoms with E-state index in [0.29, 0.717) is 33.8 Å². The predicted octanol–water partition coefficient (Wildman–Crippen LogP) is 4.58. The molecule has 1 aliphatic heterocycles. The van der Waals surface area contributed by atoms with Crippen LogP contribution in [0.3, 0.4) is 0 Å². The summed E-state index contributed by atoms with van der Waals surface area (Å²) in [6.45, 7) is 5.13. The van der Waals surface area contributed by atoms with E-state index in [9.17, 15) is 4.79 Å². The summed E-state index contributed by atoms with van der Waals surface area (Å²) in [6, 6.07) is 3.41. The molecule has 1 saturated heterocycles. The highest BCUT2D eigenvalue weighted by Gasteiger charge is 2.30. The van der Waals surface area contributed by atoms with Crippen molar-refractivity contribution in [2.75, 3.05) is 38.1 Å². The topological polar surface area (TPSA) is 90.3 Å². The van der Waals surface area contributed by atoms with Gasteiger partial charge in [0, 0.05) is 26.2 Å². The van der Waals surface area contributed by atoms with Crippen molar-refractivity contribution in [3.05, 3.63) is 41.3 Å². The van der Waals surface area contributed by atoms with E-state index < -0.39 is 0 Å². The zero-order valence-electron chi connectivity index (χ0n) is 20.6. The van der Waals surface area contributed by atoms with Gasteiger partial charge in [0.05, 0.1) is 22.9 Å². The first-order chi connectivity index (χ1) is 17.0. The second-order valence-corrected chi connectivity index (χ2v) is 10.1. The number of carbonyl (C=O) groups is 1. The maximum Gasteiger partial charge on any atom is 0.257 e. The molecule has 9 heteroatoms. The average Bonchev–Trinajstić information content (AvgIpc) is 3.45. The quantitative estimate of drug-likeness (QED) is 0.553. The summed E-state index contributed by atoms with van der Waals surface area (Å²) < 4.78 is 20.7. The number of H-pyrrole nitrogens is 1. The molecule has 1 aromatic carbocycles. The van der Waals surface area contributed by atoms with E-state index in [2.05, 4.69) is 32.3 Å². The SMILES string of the molecule is Cc1nocc1C(=O)NC(c1nc2c(F)c(N3CCN(C)CC3)ccc2[nH]1)C1CCCCCCC1. The number of anilines is 1. The highest BCUT2D eigenvalue weighted by atomic mass is 19.1. The normalized spacial score (nSPS) is 19.5. The smallest absolute Gasteiger partial charge is 0.257 e. The van der Waals surface area contributed by atoms with Crippen LogP contribution >= 0.6 is 0 Å². The number of imidazole rings is 1. The van der Waals surface area contributed by atoms with Crippen molar-refractivity contribution in [1.29, 1.82) is 0 Å². The van der Waals surface area contributed by atoms with Gasteiger partial charge >= 0.3 is 0 Å². The number of benzene rings is 1. The third kappa shape index (κ3) is 5.05. The van der Waals surface area contributed by atoms with Gasteiger partial charge in [-0.25, -0.2) is 9.37 Å². The summed E-state index contributed by atoms with van der Waals surface area (Å²) in [6.07, 6.45) is 9.27. The maximum atomic E-state index is 15.7. The number of halogens is 1. The van der Waals surface area contributed by atoms with Crippen LogP contribution in [0.2, 0.25) is 0 Å². The molecule has 188 valence electrons. The van der Waals surface area contributed by atoms with Crippen LogP contribution in [0, 0.1) is 18.7 Å². The van der Waals surface area contributed by atoms with E-state index in [0.717, 1.165) is 51.9 Å². The first-order valence-corrected chi connectivity index (χ1v) is 12.8. The summed E-state index contributed by atoms with van der Waals surface area (Å²) in [4.78, 5) is 25.6. The fourth-order valence-corrected chi connectivity index (χ4v) is 5.45. The number of amides is 1. The molecular weight excluding hydrogens is 447 g/mol. The van der Waals surface area contributed by atoms with E-state index in [1.807, 2.05) is 12.1 Å². The van der Waals surface area contributed by atoms with Crippen LogP contribution in [0.4, 0.5) is 10.1 Å². The predicted molar refractivity (Wildman–Crippen MR) is 133 cm³/mol. The van der Waals surface area contributed by atoms with E-state index in [1.54, 1.807) is 6.92 Å². The van der Waals surface area contributed by atoms with Crippen LogP contribution in [0.1, 0.15) is 72.9 Å². The Morgan fingerprint density at radius 1 is 1.14 bits per heavy atom. The number of likely N-dealkylation sites (N-methyl/N-ethyl adjacent to an activating group) is 1. The number of carbonyl (C=O) groups excluding carboxylic acids is 1. The van der Waals surface area contributed by atoms with Gasteiger partial charge in [0.25, 0.3) is 5.91 Å². The number of nitrogens with one attached hydrogen (secondary N) is 2. The number of rotatable bonds is 5. The number of hydrogen-bond acceptors (Lipinski definition) is 6. The number of aromatic nitrogens is 3. The van der Waals surface area contributed by atoms with Crippen LogP contribution in [-0.4, -0.2) is 59.2 Å². The van der Waals surface area contributed by atoms with Gasteiger partial charge in [0.1, 0.15) is 23.2 Å². The summed E-state index contributed by atoms with van der Waals surface area (Å²) in [5, 5.41) is 7.03. The second-order valence-electron chi connectivity index (χ2n) is 10.1. The van der Waals surface area contributed by atoms with Gasteiger partial charge in [-0.05, 0) is 44.9 Å².